The molecule has 2 N–H and O–H groups in total. The molecule has 31 heavy (non-hydrogen) atoms. The highest BCUT2D eigenvalue weighted by Gasteiger charge is 2.26. The third-order valence-corrected chi connectivity index (χ3v) is 6.42. The smallest absolute Gasteiger partial charge is 0.256 e. The average molecular weight is 431 g/mol. The minimum absolute atomic E-state index is 0.185. The summed E-state index contributed by atoms with van der Waals surface area (Å²) in [5.41, 5.74) is 3.89. The molecule has 1 atom stereocenters. The van der Waals surface area contributed by atoms with E-state index in [0.717, 1.165) is 26.7 Å². The van der Waals surface area contributed by atoms with E-state index in [9.17, 15) is 9.18 Å². The molecule has 3 nitrogen and oxygen atoms in total. The van der Waals surface area contributed by atoms with Crippen LogP contribution in [0.3, 0.4) is 0 Å². The zero-order valence-corrected chi connectivity index (χ0v) is 18.2. The van der Waals surface area contributed by atoms with E-state index in [2.05, 4.69) is 10.6 Å². The van der Waals surface area contributed by atoms with Gasteiger partial charge in [-0.05, 0) is 49.7 Å². The highest BCUT2D eigenvalue weighted by atomic mass is 32.1. The van der Waals surface area contributed by atoms with Crippen molar-refractivity contribution in [3.05, 3.63) is 118 Å². The Bertz CT molecular complexity index is 1190. The zero-order valence-electron chi connectivity index (χ0n) is 17.4. The molecule has 0 fully saturated rings. The maximum atomic E-state index is 14.9. The van der Waals surface area contributed by atoms with E-state index < -0.39 is 6.04 Å². The van der Waals surface area contributed by atoms with Crippen molar-refractivity contribution in [2.45, 2.75) is 19.9 Å². The molecule has 0 saturated heterocycles. The first kappa shape index (κ1) is 20.8. The molecule has 0 aliphatic carbocycles. The molecule has 0 bridgehead atoms. The number of hydrogen-bond acceptors (Lipinski definition) is 3. The fraction of sp³-hybridized carbons (Fsp3) is 0.115. The van der Waals surface area contributed by atoms with Crippen LogP contribution in [0.15, 0.2) is 84.9 Å². The van der Waals surface area contributed by atoms with E-state index in [0.29, 0.717) is 11.1 Å². The Labute approximate surface area is 185 Å². The third-order valence-electron chi connectivity index (χ3n) is 5.28. The maximum absolute atomic E-state index is 14.9. The predicted octanol–water partition coefficient (Wildman–Crippen LogP) is 6.96. The molecule has 5 heteroatoms. The van der Waals surface area contributed by atoms with Crippen molar-refractivity contribution in [1.29, 1.82) is 0 Å². The topological polar surface area (TPSA) is 41.1 Å². The van der Waals surface area contributed by atoms with Crippen LogP contribution >= 0.6 is 11.3 Å². The Morgan fingerprint density at radius 3 is 2.16 bits per heavy atom. The third kappa shape index (κ3) is 4.52. The lowest BCUT2D eigenvalue weighted by Gasteiger charge is -2.23. The number of halogens is 1. The summed E-state index contributed by atoms with van der Waals surface area (Å²) in [6.45, 7) is 4.03. The number of thiophene rings is 1. The number of hydrogen-bond donors (Lipinski definition) is 2. The first-order valence-corrected chi connectivity index (χ1v) is 10.9. The highest BCUT2D eigenvalue weighted by Crippen LogP contribution is 2.41. The molecule has 1 amide bonds. The van der Waals surface area contributed by atoms with Crippen LogP contribution in [-0.2, 0) is 0 Å². The van der Waals surface area contributed by atoms with Gasteiger partial charge in [0.2, 0.25) is 0 Å². The summed E-state index contributed by atoms with van der Waals surface area (Å²) in [6.07, 6.45) is 0. The SMILES string of the molecule is Cc1sc(NC(=O)c2ccccc2)c([C@H](Nc2ccccc2)c2ccccc2F)c1C. The van der Waals surface area contributed by atoms with Gasteiger partial charge in [-0.3, -0.25) is 4.79 Å². The van der Waals surface area contributed by atoms with Crippen molar-refractivity contribution in [3.8, 4) is 0 Å². The van der Waals surface area contributed by atoms with Crippen molar-refractivity contribution < 1.29 is 9.18 Å². The lowest BCUT2D eigenvalue weighted by molar-refractivity contribution is 0.102. The fourth-order valence-electron chi connectivity index (χ4n) is 3.57. The quantitative estimate of drug-likeness (QED) is 0.347. The summed E-state index contributed by atoms with van der Waals surface area (Å²) in [7, 11) is 0. The number of amides is 1. The fourth-order valence-corrected chi connectivity index (χ4v) is 4.66. The molecular weight excluding hydrogens is 407 g/mol. The second kappa shape index (κ2) is 9.14. The van der Waals surface area contributed by atoms with Gasteiger partial charge in [0.15, 0.2) is 0 Å². The van der Waals surface area contributed by atoms with Crippen LogP contribution in [0.25, 0.3) is 0 Å². The van der Waals surface area contributed by atoms with Crippen LogP contribution in [-0.4, -0.2) is 5.91 Å². The Hall–Kier alpha value is -3.44. The molecular formula is C26H23FN2OS. The van der Waals surface area contributed by atoms with Crippen molar-refractivity contribution >= 4 is 27.9 Å². The normalized spacial score (nSPS) is 11.7. The van der Waals surface area contributed by atoms with Crippen LogP contribution in [0.2, 0.25) is 0 Å². The number of rotatable bonds is 6. The molecule has 0 spiro atoms. The molecule has 3 aromatic carbocycles. The van der Waals surface area contributed by atoms with E-state index in [1.807, 2.05) is 68.4 Å². The minimum atomic E-state index is -0.459. The van der Waals surface area contributed by atoms with E-state index in [1.165, 1.54) is 17.4 Å². The van der Waals surface area contributed by atoms with Gasteiger partial charge in [-0.2, -0.15) is 0 Å². The molecule has 4 rings (SSSR count). The Morgan fingerprint density at radius 2 is 1.48 bits per heavy atom. The number of carbonyl (C=O) groups is 1. The molecule has 0 aliphatic rings. The Kier molecular flexibility index (Phi) is 6.14. The molecule has 0 aliphatic heterocycles. The number of anilines is 2. The van der Waals surface area contributed by atoms with E-state index >= 15 is 0 Å². The Morgan fingerprint density at radius 1 is 0.871 bits per heavy atom. The molecule has 0 unspecified atom stereocenters. The zero-order chi connectivity index (χ0) is 21.8. The van der Waals surface area contributed by atoms with Gasteiger partial charge >= 0.3 is 0 Å². The van der Waals surface area contributed by atoms with Gasteiger partial charge in [-0.1, -0.05) is 54.6 Å². The Balaban J connectivity index is 1.79. The molecule has 156 valence electrons. The van der Waals surface area contributed by atoms with Crippen molar-refractivity contribution in [2.24, 2.45) is 0 Å². The van der Waals surface area contributed by atoms with Gasteiger partial charge in [0.05, 0.1) is 6.04 Å². The monoisotopic (exact) mass is 430 g/mol. The van der Waals surface area contributed by atoms with E-state index in [-0.39, 0.29) is 11.7 Å². The van der Waals surface area contributed by atoms with E-state index in [1.54, 1.807) is 24.3 Å². The summed E-state index contributed by atoms with van der Waals surface area (Å²) in [5.74, 6) is -0.477. The van der Waals surface area contributed by atoms with Crippen molar-refractivity contribution in [2.75, 3.05) is 10.6 Å². The van der Waals surface area contributed by atoms with Gasteiger partial charge in [0.25, 0.3) is 5.91 Å². The van der Waals surface area contributed by atoms with Gasteiger partial charge in [-0.25, -0.2) is 4.39 Å². The summed E-state index contributed by atoms with van der Waals surface area (Å²) < 4.78 is 14.9. The molecule has 1 aromatic heterocycles. The highest BCUT2D eigenvalue weighted by molar-refractivity contribution is 7.16. The first-order chi connectivity index (χ1) is 15.0. The average Bonchev–Trinajstić information content (AvgIpc) is 3.07. The first-order valence-electron chi connectivity index (χ1n) is 10.1. The summed E-state index contributed by atoms with van der Waals surface area (Å²) >= 11 is 1.51. The number of nitrogens with one attached hydrogen (secondary N) is 2. The van der Waals surface area contributed by atoms with Crippen LogP contribution in [0.1, 0.15) is 38.0 Å². The summed E-state index contributed by atoms with van der Waals surface area (Å²) in [5, 5.41) is 7.26. The van der Waals surface area contributed by atoms with Crippen LogP contribution < -0.4 is 10.6 Å². The van der Waals surface area contributed by atoms with Gasteiger partial charge in [0, 0.05) is 27.3 Å². The minimum Gasteiger partial charge on any atom is -0.374 e. The van der Waals surface area contributed by atoms with Crippen LogP contribution in [0, 0.1) is 19.7 Å². The number of benzene rings is 3. The largest absolute Gasteiger partial charge is 0.374 e. The van der Waals surface area contributed by atoms with E-state index in [4.69, 9.17) is 0 Å². The number of carbonyl (C=O) groups excluding carboxylic acids is 1. The summed E-state index contributed by atoms with van der Waals surface area (Å²) in [4.78, 5) is 14.0. The molecule has 4 aromatic rings. The lowest BCUT2D eigenvalue weighted by atomic mass is 9.95. The number of aryl methyl sites for hydroxylation is 1. The van der Waals surface area contributed by atoms with Crippen molar-refractivity contribution in [3.63, 3.8) is 0 Å². The summed E-state index contributed by atoms with van der Waals surface area (Å²) in [6, 6.07) is 25.1. The van der Waals surface area contributed by atoms with Crippen LogP contribution in [0.4, 0.5) is 15.1 Å². The van der Waals surface area contributed by atoms with Crippen molar-refractivity contribution in [1.82, 2.24) is 0 Å². The maximum Gasteiger partial charge on any atom is 0.256 e. The van der Waals surface area contributed by atoms with Gasteiger partial charge in [0.1, 0.15) is 10.8 Å². The second-order valence-electron chi connectivity index (χ2n) is 7.31. The molecule has 1 heterocycles. The lowest BCUT2D eigenvalue weighted by Crippen LogP contribution is -2.18. The predicted molar refractivity (Wildman–Crippen MR) is 126 cm³/mol. The van der Waals surface area contributed by atoms with Gasteiger partial charge < -0.3 is 10.6 Å². The standard InChI is InChI=1S/C26H23FN2OS/c1-17-18(2)31-26(29-25(30)19-11-5-3-6-12-19)23(17)24(21-15-9-10-16-22(21)27)28-20-13-7-4-8-14-20/h3-16,24,28H,1-2H3,(H,29,30)/t24-/m1/s1. The van der Waals surface area contributed by atoms with Crippen LogP contribution in [0.5, 0.6) is 0 Å². The van der Waals surface area contributed by atoms with Gasteiger partial charge in [-0.15, -0.1) is 11.3 Å². The second-order valence-corrected chi connectivity index (χ2v) is 8.54. The number of para-hydroxylation sites is 1. The molecule has 0 saturated carbocycles. The molecule has 0 radical (unpaired) electrons.